The Balaban J connectivity index is 1.98. The first-order valence-electron chi connectivity index (χ1n) is 5.99. The molecule has 0 radical (unpaired) electrons. The summed E-state index contributed by atoms with van der Waals surface area (Å²) in [6.07, 6.45) is 3.31. The Kier molecular flexibility index (Phi) is 4.09. The van der Waals surface area contributed by atoms with E-state index in [2.05, 4.69) is 10.4 Å². The molecule has 0 bridgehead atoms. The minimum atomic E-state index is -0.442. The van der Waals surface area contributed by atoms with E-state index in [4.69, 9.17) is 10.5 Å². The second-order valence-corrected chi connectivity index (χ2v) is 4.25. The lowest BCUT2D eigenvalue weighted by Crippen LogP contribution is -2.18. The Hall–Kier alpha value is -2.70. The van der Waals surface area contributed by atoms with Crippen LogP contribution in [0.25, 0.3) is 0 Å². The Labute approximate surface area is 116 Å². The molecule has 0 saturated heterocycles. The number of aromatic hydroxyl groups is 1. The van der Waals surface area contributed by atoms with Crippen LogP contribution in [0.15, 0.2) is 30.6 Å². The highest BCUT2D eigenvalue weighted by molar-refractivity contribution is 5.73. The van der Waals surface area contributed by atoms with Gasteiger partial charge in [-0.3, -0.25) is 9.48 Å². The number of primary amides is 1. The van der Waals surface area contributed by atoms with Crippen molar-refractivity contribution >= 4 is 11.6 Å². The fraction of sp³-hybridized carbons (Fsp3) is 0.231. The number of phenols is 1. The van der Waals surface area contributed by atoms with Gasteiger partial charge in [-0.2, -0.15) is 5.10 Å². The number of ether oxygens (including phenoxy) is 1. The second-order valence-electron chi connectivity index (χ2n) is 4.25. The molecule has 0 atom stereocenters. The van der Waals surface area contributed by atoms with Crippen LogP contribution in [0.3, 0.4) is 0 Å². The number of anilines is 1. The fourth-order valence-electron chi connectivity index (χ4n) is 1.74. The highest BCUT2D eigenvalue weighted by Gasteiger charge is 2.04. The Morgan fingerprint density at radius 1 is 1.55 bits per heavy atom. The number of amides is 1. The van der Waals surface area contributed by atoms with Crippen LogP contribution in [0.5, 0.6) is 11.5 Å². The van der Waals surface area contributed by atoms with Crippen LogP contribution in [0, 0.1) is 0 Å². The van der Waals surface area contributed by atoms with Crippen molar-refractivity contribution in [2.24, 2.45) is 5.73 Å². The molecule has 2 rings (SSSR count). The van der Waals surface area contributed by atoms with Gasteiger partial charge in [-0.1, -0.05) is 6.07 Å². The number of aromatic nitrogens is 2. The van der Waals surface area contributed by atoms with E-state index in [0.29, 0.717) is 12.3 Å². The van der Waals surface area contributed by atoms with Crippen LogP contribution in [0.1, 0.15) is 5.56 Å². The van der Waals surface area contributed by atoms with Crippen molar-refractivity contribution in [2.45, 2.75) is 13.1 Å². The summed E-state index contributed by atoms with van der Waals surface area (Å²) in [7, 11) is 1.50. The van der Waals surface area contributed by atoms with Crippen LogP contribution in [0.4, 0.5) is 5.69 Å². The molecule has 7 nitrogen and oxygen atoms in total. The Morgan fingerprint density at radius 2 is 2.35 bits per heavy atom. The van der Waals surface area contributed by atoms with E-state index in [9.17, 15) is 9.90 Å². The van der Waals surface area contributed by atoms with E-state index < -0.39 is 5.91 Å². The summed E-state index contributed by atoms with van der Waals surface area (Å²) in [5, 5.41) is 16.7. The van der Waals surface area contributed by atoms with Gasteiger partial charge in [0.25, 0.3) is 0 Å². The topological polar surface area (TPSA) is 102 Å². The number of nitrogens with zero attached hydrogens (tertiary/aromatic N) is 2. The third-order valence-corrected chi connectivity index (χ3v) is 2.69. The largest absolute Gasteiger partial charge is 0.504 e. The number of hydrogen-bond acceptors (Lipinski definition) is 5. The smallest absolute Gasteiger partial charge is 0.239 e. The summed E-state index contributed by atoms with van der Waals surface area (Å²) >= 11 is 0. The van der Waals surface area contributed by atoms with E-state index in [-0.39, 0.29) is 12.3 Å². The van der Waals surface area contributed by atoms with E-state index in [1.165, 1.54) is 11.8 Å². The molecule has 1 aromatic heterocycles. The molecular weight excluding hydrogens is 260 g/mol. The van der Waals surface area contributed by atoms with E-state index in [1.807, 2.05) is 0 Å². The predicted octanol–water partition coefficient (Wildman–Crippen LogP) is 0.695. The predicted molar refractivity (Wildman–Crippen MR) is 73.4 cm³/mol. The molecule has 0 aliphatic rings. The molecular formula is C13H16N4O3. The van der Waals surface area contributed by atoms with Crippen molar-refractivity contribution in [3.05, 3.63) is 36.2 Å². The number of methoxy groups -OCH3 is 1. The maximum absolute atomic E-state index is 10.8. The van der Waals surface area contributed by atoms with E-state index >= 15 is 0 Å². The van der Waals surface area contributed by atoms with Gasteiger partial charge >= 0.3 is 0 Å². The summed E-state index contributed by atoms with van der Waals surface area (Å²) in [6.45, 7) is 0.591. The van der Waals surface area contributed by atoms with Crippen molar-refractivity contribution in [2.75, 3.05) is 12.4 Å². The standard InChI is InChI=1S/C13H16N4O3/c1-20-12-4-9(2-3-11(12)18)5-15-10-6-16-17(7-10)8-13(14)19/h2-4,6-7,15,18H,5,8H2,1H3,(H2,14,19). The molecule has 0 fully saturated rings. The van der Waals surface area contributed by atoms with Crippen LogP contribution >= 0.6 is 0 Å². The molecule has 1 aromatic carbocycles. The first kappa shape index (κ1) is 13.7. The molecule has 0 aliphatic carbocycles. The summed E-state index contributed by atoms with van der Waals surface area (Å²) in [5.41, 5.74) is 6.81. The minimum Gasteiger partial charge on any atom is -0.504 e. The minimum absolute atomic E-state index is 0.0503. The average molecular weight is 276 g/mol. The molecule has 1 amide bonds. The van der Waals surface area contributed by atoms with Gasteiger partial charge in [0.15, 0.2) is 11.5 Å². The SMILES string of the molecule is COc1cc(CNc2cnn(CC(N)=O)c2)ccc1O. The first-order valence-corrected chi connectivity index (χ1v) is 5.99. The lowest BCUT2D eigenvalue weighted by Gasteiger charge is -2.07. The van der Waals surface area contributed by atoms with Gasteiger partial charge < -0.3 is 20.9 Å². The van der Waals surface area contributed by atoms with E-state index in [1.54, 1.807) is 30.6 Å². The van der Waals surface area contributed by atoms with Crippen molar-refractivity contribution in [3.63, 3.8) is 0 Å². The monoisotopic (exact) mass is 276 g/mol. The molecule has 0 saturated carbocycles. The summed E-state index contributed by atoms with van der Waals surface area (Å²) in [4.78, 5) is 10.8. The average Bonchev–Trinajstić information content (AvgIpc) is 2.84. The number of rotatable bonds is 6. The third-order valence-electron chi connectivity index (χ3n) is 2.69. The zero-order valence-electron chi connectivity index (χ0n) is 11.0. The maximum atomic E-state index is 10.8. The lowest BCUT2D eigenvalue weighted by atomic mass is 10.2. The molecule has 2 aromatic rings. The van der Waals surface area contributed by atoms with Crippen LogP contribution in [-0.2, 0) is 17.9 Å². The molecule has 0 spiro atoms. The molecule has 1 heterocycles. The molecule has 0 aliphatic heterocycles. The van der Waals surface area contributed by atoms with Gasteiger partial charge in [-0.25, -0.2) is 0 Å². The lowest BCUT2D eigenvalue weighted by molar-refractivity contribution is -0.118. The molecule has 106 valence electrons. The number of benzene rings is 1. The van der Waals surface area contributed by atoms with Gasteiger partial charge in [0.1, 0.15) is 6.54 Å². The first-order chi connectivity index (χ1) is 9.58. The zero-order chi connectivity index (χ0) is 14.5. The Bertz CT molecular complexity index is 609. The van der Waals surface area contributed by atoms with Gasteiger partial charge in [-0.15, -0.1) is 0 Å². The number of carbonyl (C=O) groups excluding carboxylic acids is 1. The second kappa shape index (κ2) is 5.96. The molecule has 7 heteroatoms. The summed E-state index contributed by atoms with van der Waals surface area (Å²) in [5.74, 6) is 0.0853. The van der Waals surface area contributed by atoms with Crippen LogP contribution < -0.4 is 15.8 Å². The normalized spacial score (nSPS) is 10.2. The quantitative estimate of drug-likeness (QED) is 0.720. The third kappa shape index (κ3) is 3.41. The van der Waals surface area contributed by atoms with Crippen LogP contribution in [0.2, 0.25) is 0 Å². The highest BCUT2D eigenvalue weighted by atomic mass is 16.5. The van der Waals surface area contributed by atoms with Gasteiger partial charge in [0.05, 0.1) is 19.0 Å². The van der Waals surface area contributed by atoms with E-state index in [0.717, 1.165) is 11.3 Å². The number of phenolic OH excluding ortho intramolecular Hbond substituents is 1. The van der Waals surface area contributed by atoms with Crippen molar-refractivity contribution in [3.8, 4) is 11.5 Å². The van der Waals surface area contributed by atoms with Gasteiger partial charge in [0.2, 0.25) is 5.91 Å². The number of hydrogen-bond donors (Lipinski definition) is 3. The number of nitrogens with one attached hydrogen (secondary N) is 1. The summed E-state index contributed by atoms with van der Waals surface area (Å²) in [6, 6.07) is 5.11. The molecule has 20 heavy (non-hydrogen) atoms. The Morgan fingerprint density at radius 3 is 3.05 bits per heavy atom. The zero-order valence-corrected chi connectivity index (χ0v) is 11.0. The van der Waals surface area contributed by atoms with Gasteiger partial charge in [0, 0.05) is 12.7 Å². The van der Waals surface area contributed by atoms with Crippen molar-refractivity contribution < 1.29 is 14.6 Å². The van der Waals surface area contributed by atoms with Crippen molar-refractivity contribution in [1.29, 1.82) is 0 Å². The molecule has 0 unspecified atom stereocenters. The summed E-state index contributed by atoms with van der Waals surface area (Å²) < 4.78 is 6.50. The fourth-order valence-corrected chi connectivity index (χ4v) is 1.74. The van der Waals surface area contributed by atoms with Gasteiger partial charge in [-0.05, 0) is 17.7 Å². The maximum Gasteiger partial charge on any atom is 0.239 e. The number of carbonyl (C=O) groups is 1. The highest BCUT2D eigenvalue weighted by Crippen LogP contribution is 2.26. The van der Waals surface area contributed by atoms with Crippen LogP contribution in [-0.4, -0.2) is 27.9 Å². The number of nitrogens with two attached hydrogens (primary N) is 1. The van der Waals surface area contributed by atoms with Crippen molar-refractivity contribution in [1.82, 2.24) is 9.78 Å². The molecule has 4 N–H and O–H groups in total.